The van der Waals surface area contributed by atoms with Gasteiger partial charge < -0.3 is 11.1 Å². The lowest BCUT2D eigenvalue weighted by Gasteiger charge is -2.37. The summed E-state index contributed by atoms with van der Waals surface area (Å²) in [6, 6.07) is 6.32. The van der Waals surface area contributed by atoms with Crippen LogP contribution in [0.1, 0.15) is 6.92 Å². The number of hydrogen-bond donors (Lipinski definition) is 2. The van der Waals surface area contributed by atoms with Gasteiger partial charge in [-0.25, -0.2) is 4.39 Å². The molecule has 1 aliphatic heterocycles. The molecular formula is C15H23FN4O. The quantitative estimate of drug-likeness (QED) is 0.840. The van der Waals surface area contributed by atoms with Gasteiger partial charge in [-0.3, -0.25) is 14.6 Å². The molecule has 1 aromatic rings. The van der Waals surface area contributed by atoms with Gasteiger partial charge in [0.25, 0.3) is 0 Å². The fraction of sp³-hybridized carbons (Fsp3) is 0.533. The lowest BCUT2D eigenvalue weighted by molar-refractivity contribution is -0.117. The highest BCUT2D eigenvalue weighted by Gasteiger charge is 2.21. The van der Waals surface area contributed by atoms with Crippen LogP contribution in [-0.2, 0) is 4.79 Å². The number of anilines is 1. The Morgan fingerprint density at radius 1 is 1.38 bits per heavy atom. The van der Waals surface area contributed by atoms with E-state index >= 15 is 0 Å². The molecule has 5 nitrogen and oxygen atoms in total. The molecule has 0 radical (unpaired) electrons. The number of carbonyl (C=O) groups excluding carboxylic acids is 1. The summed E-state index contributed by atoms with van der Waals surface area (Å²) in [4.78, 5) is 16.4. The van der Waals surface area contributed by atoms with Crippen LogP contribution in [0.25, 0.3) is 0 Å². The summed E-state index contributed by atoms with van der Waals surface area (Å²) in [5.74, 6) is -0.460. The minimum atomic E-state index is -0.350. The molecule has 0 spiro atoms. The maximum Gasteiger partial charge on any atom is 0.238 e. The highest BCUT2D eigenvalue weighted by atomic mass is 19.1. The molecule has 0 aromatic heterocycles. The van der Waals surface area contributed by atoms with E-state index < -0.39 is 0 Å². The molecule has 1 saturated heterocycles. The van der Waals surface area contributed by atoms with Crippen LogP contribution in [0.15, 0.2) is 24.3 Å². The second-order valence-corrected chi connectivity index (χ2v) is 5.46. The summed E-state index contributed by atoms with van der Waals surface area (Å²) >= 11 is 0. The minimum absolute atomic E-state index is 0.110. The summed E-state index contributed by atoms with van der Waals surface area (Å²) < 4.78 is 13.1. The minimum Gasteiger partial charge on any atom is -0.329 e. The van der Waals surface area contributed by atoms with Crippen LogP contribution < -0.4 is 11.1 Å². The van der Waals surface area contributed by atoms with Crippen LogP contribution >= 0.6 is 0 Å². The van der Waals surface area contributed by atoms with Crippen molar-refractivity contribution in [3.05, 3.63) is 30.1 Å². The first-order chi connectivity index (χ1) is 10.1. The standard InChI is InChI=1S/C15H23FN4O/c1-12(10-17)20-7-5-19(6-8-20)11-15(21)18-14-4-2-3-13(16)9-14/h2-4,9,12H,5-8,10-11,17H2,1H3,(H,18,21). The van der Waals surface area contributed by atoms with Gasteiger partial charge in [-0.15, -0.1) is 0 Å². The number of piperazine rings is 1. The molecule has 1 aromatic carbocycles. The van der Waals surface area contributed by atoms with E-state index in [1.165, 1.54) is 12.1 Å². The van der Waals surface area contributed by atoms with Gasteiger partial charge >= 0.3 is 0 Å². The predicted octanol–water partition coefficient (Wildman–Crippen LogP) is 0.729. The van der Waals surface area contributed by atoms with E-state index in [1.54, 1.807) is 12.1 Å². The van der Waals surface area contributed by atoms with Crippen LogP contribution in [-0.4, -0.2) is 61.0 Å². The van der Waals surface area contributed by atoms with Crippen molar-refractivity contribution in [2.24, 2.45) is 5.73 Å². The van der Waals surface area contributed by atoms with E-state index in [0.717, 1.165) is 26.2 Å². The summed E-state index contributed by atoms with van der Waals surface area (Å²) in [7, 11) is 0. The first-order valence-electron chi connectivity index (χ1n) is 7.30. The second kappa shape index (κ2) is 7.49. The Balaban J connectivity index is 1.77. The lowest BCUT2D eigenvalue weighted by atomic mass is 10.2. The number of nitrogens with one attached hydrogen (secondary N) is 1. The molecular weight excluding hydrogens is 271 g/mol. The zero-order valence-corrected chi connectivity index (χ0v) is 12.4. The van der Waals surface area contributed by atoms with Crippen LogP contribution in [0.2, 0.25) is 0 Å². The Bertz CT molecular complexity index is 474. The first-order valence-corrected chi connectivity index (χ1v) is 7.30. The molecule has 21 heavy (non-hydrogen) atoms. The normalized spacial score (nSPS) is 18.4. The highest BCUT2D eigenvalue weighted by molar-refractivity contribution is 5.92. The average molecular weight is 294 g/mol. The number of rotatable bonds is 5. The van der Waals surface area contributed by atoms with Crippen molar-refractivity contribution in [1.29, 1.82) is 0 Å². The molecule has 0 aliphatic carbocycles. The molecule has 1 heterocycles. The van der Waals surface area contributed by atoms with Gasteiger partial charge in [0.05, 0.1) is 6.54 Å². The molecule has 0 saturated carbocycles. The summed E-state index contributed by atoms with van der Waals surface area (Å²) in [6.45, 7) is 6.65. The summed E-state index contributed by atoms with van der Waals surface area (Å²) in [5.41, 5.74) is 6.16. The van der Waals surface area contributed by atoms with Gasteiger partial charge in [-0.2, -0.15) is 0 Å². The van der Waals surface area contributed by atoms with Gasteiger partial charge in [0.2, 0.25) is 5.91 Å². The molecule has 1 aliphatic rings. The van der Waals surface area contributed by atoms with Crippen molar-refractivity contribution >= 4 is 11.6 Å². The Morgan fingerprint density at radius 3 is 2.71 bits per heavy atom. The maximum absolute atomic E-state index is 13.1. The average Bonchev–Trinajstić information content (AvgIpc) is 2.47. The number of nitrogens with zero attached hydrogens (tertiary/aromatic N) is 2. The monoisotopic (exact) mass is 294 g/mol. The van der Waals surface area contributed by atoms with Gasteiger partial charge in [0.15, 0.2) is 0 Å². The van der Waals surface area contributed by atoms with E-state index in [0.29, 0.717) is 24.8 Å². The number of hydrogen-bond acceptors (Lipinski definition) is 4. The predicted molar refractivity (Wildman–Crippen MR) is 81.6 cm³/mol. The number of halogens is 1. The fourth-order valence-corrected chi connectivity index (χ4v) is 2.48. The summed E-state index contributed by atoms with van der Waals surface area (Å²) in [6.07, 6.45) is 0. The third kappa shape index (κ3) is 4.77. The SMILES string of the molecule is CC(CN)N1CCN(CC(=O)Nc2cccc(F)c2)CC1. The summed E-state index contributed by atoms with van der Waals surface area (Å²) in [5, 5.41) is 2.72. The molecule has 116 valence electrons. The van der Waals surface area contributed by atoms with Gasteiger partial charge in [0.1, 0.15) is 5.82 Å². The fourth-order valence-electron chi connectivity index (χ4n) is 2.48. The molecule has 1 fully saturated rings. The zero-order valence-electron chi connectivity index (χ0n) is 12.4. The first kappa shape index (κ1) is 15.9. The third-order valence-electron chi connectivity index (χ3n) is 3.85. The van der Waals surface area contributed by atoms with Crippen molar-refractivity contribution in [1.82, 2.24) is 9.80 Å². The molecule has 6 heteroatoms. The van der Waals surface area contributed by atoms with Crippen molar-refractivity contribution in [3.63, 3.8) is 0 Å². The third-order valence-corrected chi connectivity index (χ3v) is 3.85. The van der Waals surface area contributed by atoms with Crippen LogP contribution in [0, 0.1) is 5.82 Å². The molecule has 2 rings (SSSR count). The second-order valence-electron chi connectivity index (χ2n) is 5.46. The van der Waals surface area contributed by atoms with Crippen LogP contribution in [0.5, 0.6) is 0 Å². The Morgan fingerprint density at radius 2 is 2.10 bits per heavy atom. The van der Waals surface area contributed by atoms with Crippen LogP contribution in [0.4, 0.5) is 10.1 Å². The molecule has 1 amide bonds. The van der Waals surface area contributed by atoms with E-state index in [1.807, 2.05) is 0 Å². The van der Waals surface area contributed by atoms with Gasteiger partial charge in [0, 0.05) is 44.5 Å². The van der Waals surface area contributed by atoms with Gasteiger partial charge in [-0.1, -0.05) is 6.07 Å². The smallest absolute Gasteiger partial charge is 0.238 e. The van der Waals surface area contributed by atoms with E-state index in [-0.39, 0.29) is 11.7 Å². The van der Waals surface area contributed by atoms with Crippen molar-refractivity contribution in [2.45, 2.75) is 13.0 Å². The Hall–Kier alpha value is -1.50. The van der Waals surface area contributed by atoms with E-state index in [9.17, 15) is 9.18 Å². The van der Waals surface area contributed by atoms with E-state index in [2.05, 4.69) is 22.0 Å². The topological polar surface area (TPSA) is 61.6 Å². The zero-order chi connectivity index (χ0) is 15.2. The lowest BCUT2D eigenvalue weighted by Crippen LogP contribution is -2.52. The highest BCUT2D eigenvalue weighted by Crippen LogP contribution is 2.10. The van der Waals surface area contributed by atoms with Crippen molar-refractivity contribution in [3.8, 4) is 0 Å². The Labute approximate surface area is 124 Å². The van der Waals surface area contributed by atoms with Crippen LogP contribution in [0.3, 0.4) is 0 Å². The Kier molecular flexibility index (Phi) is 5.67. The largest absolute Gasteiger partial charge is 0.329 e. The van der Waals surface area contributed by atoms with E-state index in [4.69, 9.17) is 5.73 Å². The van der Waals surface area contributed by atoms with Crippen molar-refractivity contribution < 1.29 is 9.18 Å². The molecule has 0 bridgehead atoms. The molecule has 3 N–H and O–H groups in total. The number of nitrogens with two attached hydrogens (primary N) is 1. The van der Waals surface area contributed by atoms with Gasteiger partial charge in [-0.05, 0) is 25.1 Å². The molecule has 1 atom stereocenters. The molecule has 1 unspecified atom stereocenters. The maximum atomic E-state index is 13.1. The number of amides is 1. The van der Waals surface area contributed by atoms with Crippen molar-refractivity contribution in [2.75, 3.05) is 44.6 Å². The number of benzene rings is 1. The number of carbonyl (C=O) groups is 1.